The van der Waals surface area contributed by atoms with Gasteiger partial charge in [0.1, 0.15) is 6.54 Å². The summed E-state index contributed by atoms with van der Waals surface area (Å²) in [6.07, 6.45) is 4.31. The van der Waals surface area contributed by atoms with Gasteiger partial charge in [-0.3, -0.25) is 9.48 Å². The summed E-state index contributed by atoms with van der Waals surface area (Å²) in [4.78, 5) is 14.0. The second kappa shape index (κ2) is 4.18. The molecular formula is C13H14N4O. The van der Waals surface area contributed by atoms with E-state index in [1.807, 2.05) is 18.2 Å². The zero-order valence-corrected chi connectivity index (χ0v) is 9.91. The molecule has 0 atom stereocenters. The molecule has 1 aliphatic rings. The van der Waals surface area contributed by atoms with Crippen LogP contribution in [0.15, 0.2) is 36.7 Å². The maximum Gasteiger partial charge on any atom is 0.248 e. The molecule has 0 saturated carbocycles. The predicted molar refractivity (Wildman–Crippen MR) is 69.1 cm³/mol. The van der Waals surface area contributed by atoms with Crippen LogP contribution in [0.25, 0.3) is 0 Å². The SMILES string of the molecule is Nc1cccc2c1N(C(=O)Cn1cccn1)CC2. The molecule has 0 unspecified atom stereocenters. The highest BCUT2D eigenvalue weighted by Crippen LogP contribution is 2.33. The second-order valence-electron chi connectivity index (χ2n) is 4.35. The van der Waals surface area contributed by atoms with Gasteiger partial charge in [-0.1, -0.05) is 12.1 Å². The fourth-order valence-electron chi connectivity index (χ4n) is 2.35. The van der Waals surface area contributed by atoms with Crippen LogP contribution in [-0.4, -0.2) is 22.2 Å². The van der Waals surface area contributed by atoms with Gasteiger partial charge in [-0.25, -0.2) is 0 Å². The highest BCUT2D eigenvalue weighted by molar-refractivity contribution is 5.98. The lowest BCUT2D eigenvalue weighted by atomic mass is 10.1. The van der Waals surface area contributed by atoms with Crippen LogP contribution in [0.4, 0.5) is 11.4 Å². The molecule has 0 aliphatic carbocycles. The highest BCUT2D eigenvalue weighted by Gasteiger charge is 2.26. The number of amides is 1. The van der Waals surface area contributed by atoms with Crippen molar-refractivity contribution in [2.45, 2.75) is 13.0 Å². The van der Waals surface area contributed by atoms with E-state index >= 15 is 0 Å². The van der Waals surface area contributed by atoms with Gasteiger partial charge in [-0.05, 0) is 24.1 Å². The Morgan fingerprint density at radius 2 is 2.28 bits per heavy atom. The molecule has 5 nitrogen and oxygen atoms in total. The van der Waals surface area contributed by atoms with Gasteiger partial charge < -0.3 is 10.6 Å². The van der Waals surface area contributed by atoms with E-state index in [9.17, 15) is 4.79 Å². The van der Waals surface area contributed by atoms with Gasteiger partial charge in [0, 0.05) is 18.9 Å². The number of anilines is 2. The third kappa shape index (κ3) is 1.73. The summed E-state index contributed by atoms with van der Waals surface area (Å²) >= 11 is 0. The molecule has 0 spiro atoms. The van der Waals surface area contributed by atoms with Gasteiger partial charge in [-0.2, -0.15) is 5.10 Å². The van der Waals surface area contributed by atoms with Crippen LogP contribution in [-0.2, 0) is 17.8 Å². The van der Waals surface area contributed by atoms with Crippen molar-refractivity contribution < 1.29 is 4.79 Å². The number of nitrogens with two attached hydrogens (primary N) is 1. The Kier molecular flexibility index (Phi) is 2.51. The highest BCUT2D eigenvalue weighted by atomic mass is 16.2. The molecule has 0 bridgehead atoms. The van der Waals surface area contributed by atoms with E-state index in [0.29, 0.717) is 12.2 Å². The quantitative estimate of drug-likeness (QED) is 0.801. The normalized spacial score (nSPS) is 13.7. The molecule has 0 radical (unpaired) electrons. The number of hydrogen-bond donors (Lipinski definition) is 1. The summed E-state index contributed by atoms with van der Waals surface area (Å²) in [7, 11) is 0. The van der Waals surface area contributed by atoms with E-state index in [4.69, 9.17) is 5.73 Å². The van der Waals surface area contributed by atoms with Crippen LogP contribution < -0.4 is 10.6 Å². The van der Waals surface area contributed by atoms with Crippen molar-refractivity contribution in [3.63, 3.8) is 0 Å². The number of carbonyl (C=O) groups is 1. The number of nitrogens with zero attached hydrogens (tertiary/aromatic N) is 3. The summed E-state index contributed by atoms with van der Waals surface area (Å²) in [6.45, 7) is 0.949. The number of rotatable bonds is 2. The Morgan fingerprint density at radius 1 is 1.39 bits per heavy atom. The molecule has 1 amide bonds. The third-order valence-electron chi connectivity index (χ3n) is 3.18. The van der Waals surface area contributed by atoms with Crippen molar-refractivity contribution in [2.24, 2.45) is 0 Å². The lowest BCUT2D eigenvalue weighted by Gasteiger charge is -2.18. The molecular weight excluding hydrogens is 228 g/mol. The van der Waals surface area contributed by atoms with Crippen molar-refractivity contribution >= 4 is 17.3 Å². The minimum absolute atomic E-state index is 0.0235. The standard InChI is InChI=1S/C13H14N4O/c14-11-4-1-3-10-5-8-17(13(10)11)12(18)9-16-7-2-6-15-16/h1-4,6-7H,5,8-9,14H2. The molecule has 0 saturated heterocycles. The maximum absolute atomic E-state index is 12.2. The maximum atomic E-state index is 12.2. The molecule has 5 heteroatoms. The minimum Gasteiger partial charge on any atom is -0.397 e. The number of carbonyl (C=O) groups excluding carboxylic acids is 1. The number of benzene rings is 1. The Balaban J connectivity index is 1.86. The summed E-state index contributed by atoms with van der Waals surface area (Å²) in [6, 6.07) is 7.58. The second-order valence-corrected chi connectivity index (χ2v) is 4.35. The summed E-state index contributed by atoms with van der Waals surface area (Å²) < 4.78 is 1.62. The van der Waals surface area contributed by atoms with Gasteiger partial charge in [-0.15, -0.1) is 0 Å². The van der Waals surface area contributed by atoms with E-state index in [2.05, 4.69) is 5.10 Å². The van der Waals surface area contributed by atoms with Gasteiger partial charge in [0.25, 0.3) is 0 Å². The molecule has 1 aromatic heterocycles. The van der Waals surface area contributed by atoms with Crippen molar-refractivity contribution in [3.8, 4) is 0 Å². The van der Waals surface area contributed by atoms with E-state index in [0.717, 1.165) is 17.7 Å². The Bertz CT molecular complexity index is 577. The van der Waals surface area contributed by atoms with Crippen molar-refractivity contribution in [1.29, 1.82) is 0 Å². The molecule has 1 aliphatic heterocycles. The largest absolute Gasteiger partial charge is 0.397 e. The number of aromatic nitrogens is 2. The van der Waals surface area contributed by atoms with Crippen LogP contribution in [0, 0.1) is 0 Å². The first-order chi connectivity index (χ1) is 8.75. The molecule has 1 aromatic carbocycles. The zero-order chi connectivity index (χ0) is 12.5. The van der Waals surface area contributed by atoms with Crippen LogP contribution in [0.5, 0.6) is 0 Å². The first-order valence-corrected chi connectivity index (χ1v) is 5.91. The van der Waals surface area contributed by atoms with Gasteiger partial charge in [0.15, 0.2) is 0 Å². The molecule has 2 heterocycles. The first kappa shape index (κ1) is 10.8. The van der Waals surface area contributed by atoms with Crippen LogP contribution in [0.1, 0.15) is 5.56 Å². The third-order valence-corrected chi connectivity index (χ3v) is 3.18. The van der Waals surface area contributed by atoms with E-state index in [1.54, 1.807) is 28.0 Å². The van der Waals surface area contributed by atoms with Crippen LogP contribution in [0.2, 0.25) is 0 Å². The first-order valence-electron chi connectivity index (χ1n) is 5.91. The number of nitrogen functional groups attached to an aromatic ring is 1. The fraction of sp³-hybridized carbons (Fsp3) is 0.231. The molecule has 18 heavy (non-hydrogen) atoms. The predicted octanol–water partition coefficient (Wildman–Crippen LogP) is 1.05. The minimum atomic E-state index is 0.0235. The Morgan fingerprint density at radius 3 is 3.06 bits per heavy atom. The average molecular weight is 242 g/mol. The van der Waals surface area contributed by atoms with Crippen LogP contribution in [0.3, 0.4) is 0 Å². The van der Waals surface area contributed by atoms with E-state index < -0.39 is 0 Å². The smallest absolute Gasteiger partial charge is 0.248 e. The molecule has 92 valence electrons. The Labute approximate surface area is 105 Å². The molecule has 2 N–H and O–H groups in total. The summed E-state index contributed by atoms with van der Waals surface area (Å²) in [5.41, 5.74) is 8.64. The Hall–Kier alpha value is -2.30. The van der Waals surface area contributed by atoms with E-state index in [-0.39, 0.29) is 12.5 Å². The monoisotopic (exact) mass is 242 g/mol. The lowest BCUT2D eigenvalue weighted by molar-refractivity contribution is -0.119. The molecule has 0 fully saturated rings. The van der Waals surface area contributed by atoms with Crippen molar-refractivity contribution in [1.82, 2.24) is 9.78 Å². The number of para-hydroxylation sites is 1. The van der Waals surface area contributed by atoms with Gasteiger partial charge >= 0.3 is 0 Å². The average Bonchev–Trinajstić information content (AvgIpc) is 2.97. The zero-order valence-electron chi connectivity index (χ0n) is 9.91. The summed E-state index contributed by atoms with van der Waals surface area (Å²) in [5, 5.41) is 4.04. The van der Waals surface area contributed by atoms with E-state index in [1.165, 1.54) is 0 Å². The van der Waals surface area contributed by atoms with Gasteiger partial charge in [0.2, 0.25) is 5.91 Å². The van der Waals surface area contributed by atoms with Crippen molar-refractivity contribution in [3.05, 3.63) is 42.2 Å². The summed E-state index contributed by atoms with van der Waals surface area (Å²) in [5.74, 6) is 0.0235. The fourth-order valence-corrected chi connectivity index (χ4v) is 2.35. The molecule has 2 aromatic rings. The van der Waals surface area contributed by atoms with Crippen LogP contribution >= 0.6 is 0 Å². The molecule has 3 rings (SSSR count). The lowest BCUT2D eigenvalue weighted by Crippen LogP contribution is -2.32. The van der Waals surface area contributed by atoms with Gasteiger partial charge in [0.05, 0.1) is 11.4 Å². The number of hydrogen-bond acceptors (Lipinski definition) is 3. The topological polar surface area (TPSA) is 64.2 Å². The van der Waals surface area contributed by atoms with Crippen molar-refractivity contribution in [2.75, 3.05) is 17.2 Å². The number of fused-ring (bicyclic) bond motifs is 1.